The van der Waals surface area contributed by atoms with Gasteiger partial charge in [-0.15, -0.1) is 0 Å². The van der Waals surface area contributed by atoms with Crippen LogP contribution in [0.5, 0.6) is 5.75 Å². The van der Waals surface area contributed by atoms with Gasteiger partial charge in [-0.1, -0.05) is 53.0 Å². The van der Waals surface area contributed by atoms with Gasteiger partial charge < -0.3 is 4.74 Å². The van der Waals surface area contributed by atoms with Gasteiger partial charge >= 0.3 is 0 Å². The Morgan fingerprint density at radius 1 is 0.967 bits per heavy atom. The van der Waals surface area contributed by atoms with E-state index in [1.807, 2.05) is 32.0 Å². The average Bonchev–Trinajstić information content (AvgIpc) is 3.09. The van der Waals surface area contributed by atoms with E-state index < -0.39 is 16.2 Å². The smallest absolute Gasteiger partial charge is 0.297 e. The lowest BCUT2D eigenvalue weighted by Crippen LogP contribution is -2.23. The molecule has 0 aliphatic carbocycles. The van der Waals surface area contributed by atoms with Gasteiger partial charge in [0.25, 0.3) is 10.1 Å². The van der Waals surface area contributed by atoms with Gasteiger partial charge in [0.2, 0.25) is 0 Å². The van der Waals surface area contributed by atoms with Crippen molar-refractivity contribution in [2.45, 2.75) is 31.3 Å². The first-order valence-electron chi connectivity index (χ1n) is 9.44. The second kappa shape index (κ2) is 8.23. The Bertz CT molecular complexity index is 1200. The Morgan fingerprint density at radius 2 is 1.70 bits per heavy atom. The summed E-state index contributed by atoms with van der Waals surface area (Å²) in [5, 5.41) is 1.09. The van der Waals surface area contributed by atoms with Crippen LogP contribution in [0.15, 0.2) is 59.5 Å². The third-order valence-corrected chi connectivity index (χ3v) is 6.83. The molecule has 4 rings (SSSR count). The van der Waals surface area contributed by atoms with Crippen LogP contribution < -0.4 is 4.74 Å². The van der Waals surface area contributed by atoms with Gasteiger partial charge in [0, 0.05) is 22.6 Å². The second-order valence-corrected chi connectivity index (χ2v) is 9.88. The molecule has 0 saturated heterocycles. The van der Waals surface area contributed by atoms with Crippen molar-refractivity contribution in [3.05, 3.63) is 81.3 Å². The summed E-state index contributed by atoms with van der Waals surface area (Å²) in [6, 6.07) is 15.9. The third kappa shape index (κ3) is 4.35. The first kappa shape index (κ1) is 21.2. The summed E-state index contributed by atoms with van der Waals surface area (Å²) in [5.41, 5.74) is 4.71. The number of hydrogen-bond acceptors (Lipinski definition) is 4. The highest BCUT2D eigenvalue weighted by Gasteiger charge is 2.29. The normalized spacial score (nSPS) is 15.7. The van der Waals surface area contributed by atoms with E-state index in [-0.39, 0.29) is 11.5 Å². The Kier molecular flexibility index (Phi) is 5.82. The monoisotopic (exact) mass is 462 g/mol. The van der Waals surface area contributed by atoms with Gasteiger partial charge in [0.15, 0.2) is 0 Å². The van der Waals surface area contributed by atoms with E-state index in [0.717, 1.165) is 27.8 Å². The van der Waals surface area contributed by atoms with Crippen LogP contribution in [0.1, 0.15) is 16.7 Å². The maximum atomic E-state index is 12.5. The van der Waals surface area contributed by atoms with E-state index in [2.05, 4.69) is 0 Å². The van der Waals surface area contributed by atoms with Gasteiger partial charge in [0.05, 0.1) is 9.92 Å². The molecule has 0 N–H and O–H groups in total. The fourth-order valence-corrected chi connectivity index (χ4v) is 4.98. The zero-order chi connectivity index (χ0) is 21.5. The van der Waals surface area contributed by atoms with Gasteiger partial charge in [-0.3, -0.25) is 4.18 Å². The molecule has 1 atom stereocenters. The minimum Gasteiger partial charge on any atom is -0.487 e. The summed E-state index contributed by atoms with van der Waals surface area (Å²) in [7, 11) is -3.85. The van der Waals surface area contributed by atoms with Gasteiger partial charge in [-0.2, -0.15) is 8.42 Å². The third-order valence-electron chi connectivity index (χ3n) is 4.98. The molecule has 0 radical (unpaired) electrons. The van der Waals surface area contributed by atoms with Crippen LogP contribution in [0.3, 0.4) is 0 Å². The van der Waals surface area contributed by atoms with Gasteiger partial charge in [0.1, 0.15) is 18.5 Å². The molecule has 3 aromatic rings. The fourth-order valence-electron chi connectivity index (χ4n) is 3.53. The molecule has 1 unspecified atom stereocenters. The van der Waals surface area contributed by atoms with Crippen molar-refractivity contribution in [3.8, 4) is 16.9 Å². The molecule has 3 aromatic carbocycles. The molecule has 1 aliphatic heterocycles. The molecule has 0 fully saturated rings. The molecule has 0 aromatic heterocycles. The summed E-state index contributed by atoms with van der Waals surface area (Å²) in [4.78, 5) is 0.132. The molecule has 1 aliphatic rings. The minimum absolute atomic E-state index is 0.0717. The quantitative estimate of drug-likeness (QED) is 0.437. The van der Waals surface area contributed by atoms with Crippen molar-refractivity contribution < 1.29 is 17.3 Å². The summed E-state index contributed by atoms with van der Waals surface area (Å²) in [6.45, 7) is 3.82. The van der Waals surface area contributed by atoms with E-state index in [0.29, 0.717) is 22.2 Å². The first-order valence-corrected chi connectivity index (χ1v) is 11.6. The lowest BCUT2D eigenvalue weighted by Gasteiger charge is -2.14. The summed E-state index contributed by atoms with van der Waals surface area (Å²) in [6.07, 6.45) is 0.144. The van der Waals surface area contributed by atoms with Crippen LogP contribution >= 0.6 is 23.2 Å². The topological polar surface area (TPSA) is 52.6 Å². The number of ether oxygens (including phenoxy) is 1. The lowest BCUT2D eigenvalue weighted by atomic mass is 9.98. The minimum atomic E-state index is -3.85. The Morgan fingerprint density at radius 3 is 2.40 bits per heavy atom. The van der Waals surface area contributed by atoms with Crippen molar-refractivity contribution in [1.29, 1.82) is 0 Å². The van der Waals surface area contributed by atoms with Crippen LogP contribution in [0.25, 0.3) is 11.1 Å². The maximum Gasteiger partial charge on any atom is 0.297 e. The largest absolute Gasteiger partial charge is 0.487 e. The van der Waals surface area contributed by atoms with Crippen molar-refractivity contribution >= 4 is 33.3 Å². The van der Waals surface area contributed by atoms with Gasteiger partial charge in [-0.05, 0) is 55.3 Å². The van der Waals surface area contributed by atoms with Crippen LogP contribution in [0, 0.1) is 13.8 Å². The van der Waals surface area contributed by atoms with Crippen molar-refractivity contribution in [1.82, 2.24) is 0 Å². The molecule has 1 heterocycles. The maximum absolute atomic E-state index is 12.5. The van der Waals surface area contributed by atoms with Crippen LogP contribution in [-0.4, -0.2) is 21.1 Å². The van der Waals surface area contributed by atoms with Crippen molar-refractivity contribution in [2.24, 2.45) is 0 Å². The number of aryl methyl sites for hydroxylation is 2. The van der Waals surface area contributed by atoms with E-state index in [9.17, 15) is 8.42 Å². The van der Waals surface area contributed by atoms with Crippen LogP contribution in [-0.2, 0) is 20.7 Å². The molecule has 0 bridgehead atoms. The number of fused-ring (bicyclic) bond motifs is 1. The number of benzene rings is 3. The molecule has 7 heteroatoms. The molecule has 0 spiro atoms. The van der Waals surface area contributed by atoms with Gasteiger partial charge in [-0.25, -0.2) is 0 Å². The number of rotatable bonds is 5. The predicted molar refractivity (Wildman–Crippen MR) is 119 cm³/mol. The lowest BCUT2D eigenvalue weighted by molar-refractivity contribution is 0.152. The number of halogens is 2. The molecular weight excluding hydrogens is 443 g/mol. The highest BCUT2D eigenvalue weighted by Crippen LogP contribution is 2.43. The fraction of sp³-hybridized carbons (Fsp3) is 0.217. The highest BCUT2D eigenvalue weighted by molar-refractivity contribution is 7.86. The van der Waals surface area contributed by atoms with Crippen molar-refractivity contribution in [2.75, 3.05) is 6.61 Å². The molecule has 156 valence electrons. The average molecular weight is 463 g/mol. The van der Waals surface area contributed by atoms with E-state index in [1.165, 1.54) is 0 Å². The molecule has 4 nitrogen and oxygen atoms in total. The Hall–Kier alpha value is -2.05. The molecule has 0 amide bonds. The Balaban J connectivity index is 1.55. The molecular formula is C23H20Cl2O4S. The summed E-state index contributed by atoms with van der Waals surface area (Å²) >= 11 is 12.4. The molecule has 0 saturated carbocycles. The Labute approximate surface area is 186 Å². The standard InChI is InChI=1S/C23H20Cl2O4S/c1-14-3-6-19(7-4-14)30(26,27)28-13-18-11-16-9-15(2)10-21(23(16)29-18)20-8-5-17(24)12-22(20)25/h3-10,12,18H,11,13H2,1-2H3. The second-order valence-electron chi connectivity index (χ2n) is 7.42. The van der Waals surface area contributed by atoms with Crippen LogP contribution in [0.2, 0.25) is 10.0 Å². The van der Waals surface area contributed by atoms with Crippen LogP contribution in [0.4, 0.5) is 0 Å². The summed E-state index contributed by atoms with van der Waals surface area (Å²) < 4.78 is 36.4. The van der Waals surface area contributed by atoms with E-state index >= 15 is 0 Å². The predicted octanol–water partition coefficient (Wildman–Crippen LogP) is 5.99. The number of hydrogen-bond donors (Lipinski definition) is 0. The zero-order valence-electron chi connectivity index (χ0n) is 16.5. The van der Waals surface area contributed by atoms with E-state index in [4.69, 9.17) is 32.1 Å². The first-order chi connectivity index (χ1) is 14.2. The van der Waals surface area contributed by atoms with E-state index in [1.54, 1.807) is 36.4 Å². The van der Waals surface area contributed by atoms with Crippen molar-refractivity contribution in [3.63, 3.8) is 0 Å². The zero-order valence-corrected chi connectivity index (χ0v) is 18.8. The summed E-state index contributed by atoms with van der Waals surface area (Å²) in [5.74, 6) is 0.700. The SMILES string of the molecule is Cc1ccc(S(=O)(=O)OCC2Cc3cc(C)cc(-c4ccc(Cl)cc4Cl)c3O2)cc1. The highest BCUT2D eigenvalue weighted by atomic mass is 35.5. The molecule has 30 heavy (non-hydrogen) atoms.